The smallest absolute Gasteiger partial charge is 0.326 e. The predicted molar refractivity (Wildman–Crippen MR) is 141 cm³/mol. The molecule has 4 rings (SSSR count). The summed E-state index contributed by atoms with van der Waals surface area (Å²) in [6.45, 7) is 5.85. The molecule has 1 atom stereocenters. The van der Waals surface area contributed by atoms with Gasteiger partial charge in [0.1, 0.15) is 24.0 Å². The van der Waals surface area contributed by atoms with Gasteiger partial charge in [0.2, 0.25) is 0 Å². The molecule has 2 aromatic carbocycles. The van der Waals surface area contributed by atoms with Gasteiger partial charge in [0.25, 0.3) is 5.91 Å². The molecular weight excluding hydrogens is 487 g/mol. The highest BCUT2D eigenvalue weighted by molar-refractivity contribution is 5.99. The topological polar surface area (TPSA) is 122 Å². The monoisotopic (exact) mass is 516 g/mol. The van der Waals surface area contributed by atoms with Crippen molar-refractivity contribution >= 4 is 17.7 Å². The van der Waals surface area contributed by atoms with Crippen LogP contribution in [0.15, 0.2) is 61.1 Å². The van der Waals surface area contributed by atoms with Crippen molar-refractivity contribution in [2.45, 2.75) is 46.2 Å². The van der Waals surface area contributed by atoms with Gasteiger partial charge >= 0.3 is 5.97 Å². The van der Waals surface area contributed by atoms with E-state index in [4.69, 9.17) is 0 Å². The molecule has 0 aliphatic carbocycles. The first-order chi connectivity index (χ1) is 18.2. The average molecular weight is 517 g/mol. The molecule has 1 unspecified atom stereocenters. The number of benzene rings is 2. The lowest BCUT2D eigenvalue weighted by Crippen LogP contribution is -2.42. The molecule has 0 fully saturated rings. The quantitative estimate of drug-likeness (QED) is 0.291. The number of anilines is 1. The summed E-state index contributed by atoms with van der Waals surface area (Å²) in [7, 11) is 0. The first-order valence-corrected chi connectivity index (χ1v) is 12.2. The van der Waals surface area contributed by atoms with Gasteiger partial charge in [0, 0.05) is 18.2 Å². The molecule has 10 heteroatoms. The molecule has 0 saturated carbocycles. The van der Waals surface area contributed by atoms with E-state index < -0.39 is 23.7 Å². The van der Waals surface area contributed by atoms with Crippen LogP contribution in [0.3, 0.4) is 0 Å². The van der Waals surface area contributed by atoms with Crippen molar-refractivity contribution in [1.29, 1.82) is 0 Å². The van der Waals surface area contributed by atoms with Crippen molar-refractivity contribution < 1.29 is 19.1 Å². The van der Waals surface area contributed by atoms with Crippen LogP contribution in [-0.4, -0.2) is 42.8 Å². The third-order valence-corrected chi connectivity index (χ3v) is 6.12. The van der Waals surface area contributed by atoms with Crippen LogP contribution in [0.25, 0.3) is 5.69 Å². The maximum Gasteiger partial charge on any atom is 0.326 e. The van der Waals surface area contributed by atoms with E-state index in [1.54, 1.807) is 36.3 Å². The van der Waals surface area contributed by atoms with Gasteiger partial charge in [-0.1, -0.05) is 19.1 Å². The van der Waals surface area contributed by atoms with E-state index in [1.807, 2.05) is 38.1 Å². The second kappa shape index (κ2) is 11.6. The minimum atomic E-state index is -1.16. The Morgan fingerprint density at radius 2 is 1.84 bits per heavy atom. The Hall–Kier alpha value is -4.60. The molecule has 196 valence electrons. The summed E-state index contributed by atoms with van der Waals surface area (Å²) in [4.78, 5) is 33.5. The normalized spacial score (nSPS) is 11.7. The summed E-state index contributed by atoms with van der Waals surface area (Å²) in [6, 6.07) is 12.5. The minimum absolute atomic E-state index is 0.0824. The Kier molecular flexibility index (Phi) is 8.10. The Bertz CT molecular complexity index is 1450. The standard InChI is InChI=1S/C28H29FN6O3/c1-4-20-14-21(29)12-18(3)26(20)27(36)33-23(28(37)38)13-19-5-7-22(8-6-19)35-16-32-25(34-35)15-31-24-11-17(2)9-10-30-24/h5-12,14,16,23H,4,13,15H2,1-3H3,(H,30,31)(H,33,36)(H,37,38). The van der Waals surface area contributed by atoms with Crippen LogP contribution in [-0.2, 0) is 24.2 Å². The molecule has 1 amide bonds. The number of rotatable bonds is 10. The predicted octanol–water partition coefficient (Wildman–Crippen LogP) is 4.02. The zero-order valence-electron chi connectivity index (χ0n) is 21.4. The summed E-state index contributed by atoms with van der Waals surface area (Å²) in [6.07, 6.45) is 3.87. The van der Waals surface area contributed by atoms with Crippen LogP contribution in [0.5, 0.6) is 0 Å². The molecule has 0 bridgehead atoms. The number of nitrogens with one attached hydrogen (secondary N) is 2. The summed E-state index contributed by atoms with van der Waals surface area (Å²) >= 11 is 0. The second-order valence-electron chi connectivity index (χ2n) is 9.02. The van der Waals surface area contributed by atoms with Gasteiger partial charge in [0.15, 0.2) is 5.82 Å². The molecule has 0 radical (unpaired) electrons. The molecule has 2 aromatic heterocycles. The van der Waals surface area contributed by atoms with Gasteiger partial charge in [-0.15, -0.1) is 5.10 Å². The summed E-state index contributed by atoms with van der Waals surface area (Å²) in [5.74, 6) is -0.783. The summed E-state index contributed by atoms with van der Waals surface area (Å²) < 4.78 is 15.4. The van der Waals surface area contributed by atoms with Crippen molar-refractivity contribution in [2.24, 2.45) is 0 Å². The first kappa shape index (κ1) is 26.5. The number of halogens is 1. The minimum Gasteiger partial charge on any atom is -0.480 e. The number of carboxylic acid groups (broad SMARTS) is 1. The molecule has 0 spiro atoms. The SMILES string of the molecule is CCc1cc(F)cc(C)c1C(=O)NC(Cc1ccc(-n2cnc(CNc3cc(C)ccn3)n2)cc1)C(=O)O. The van der Waals surface area contributed by atoms with Gasteiger partial charge in [-0.3, -0.25) is 4.79 Å². The summed E-state index contributed by atoms with van der Waals surface area (Å²) in [5.41, 5.74) is 3.88. The molecule has 38 heavy (non-hydrogen) atoms. The van der Waals surface area contributed by atoms with E-state index in [0.717, 1.165) is 22.6 Å². The van der Waals surface area contributed by atoms with Crippen molar-refractivity contribution in [2.75, 3.05) is 5.32 Å². The largest absolute Gasteiger partial charge is 0.480 e. The molecular formula is C28H29FN6O3. The molecule has 0 saturated heterocycles. The van der Waals surface area contributed by atoms with E-state index in [2.05, 4.69) is 25.7 Å². The van der Waals surface area contributed by atoms with Gasteiger partial charge in [0.05, 0.1) is 12.2 Å². The number of carbonyl (C=O) groups excluding carboxylic acids is 1. The summed E-state index contributed by atoms with van der Waals surface area (Å²) in [5, 5.41) is 20.0. The van der Waals surface area contributed by atoms with Crippen LogP contribution in [0.2, 0.25) is 0 Å². The van der Waals surface area contributed by atoms with Crippen molar-refractivity contribution in [1.82, 2.24) is 25.1 Å². The molecule has 0 aliphatic rings. The Balaban J connectivity index is 1.41. The van der Waals surface area contributed by atoms with E-state index in [9.17, 15) is 19.1 Å². The Morgan fingerprint density at radius 3 is 2.53 bits per heavy atom. The molecule has 9 nitrogen and oxygen atoms in total. The number of hydrogen-bond donors (Lipinski definition) is 3. The van der Waals surface area contributed by atoms with Crippen LogP contribution >= 0.6 is 0 Å². The zero-order valence-corrected chi connectivity index (χ0v) is 21.4. The van der Waals surface area contributed by atoms with Crippen molar-refractivity contribution in [3.63, 3.8) is 0 Å². The van der Waals surface area contributed by atoms with E-state index in [0.29, 0.717) is 35.5 Å². The number of aromatic nitrogens is 4. The van der Waals surface area contributed by atoms with E-state index >= 15 is 0 Å². The van der Waals surface area contributed by atoms with Gasteiger partial charge in [-0.25, -0.2) is 23.8 Å². The first-order valence-electron chi connectivity index (χ1n) is 12.2. The molecule has 4 aromatic rings. The van der Waals surface area contributed by atoms with Crippen molar-refractivity contribution in [3.8, 4) is 5.69 Å². The lowest BCUT2D eigenvalue weighted by molar-refractivity contribution is -0.139. The average Bonchev–Trinajstić information content (AvgIpc) is 3.36. The maximum absolute atomic E-state index is 13.8. The number of hydrogen-bond acceptors (Lipinski definition) is 6. The number of nitrogens with zero attached hydrogens (tertiary/aromatic N) is 4. The fraction of sp³-hybridized carbons (Fsp3) is 0.250. The number of carbonyl (C=O) groups is 2. The maximum atomic E-state index is 13.8. The van der Waals surface area contributed by atoms with Crippen LogP contribution in [0.1, 0.15) is 45.4 Å². The molecule has 2 heterocycles. The van der Waals surface area contributed by atoms with Crippen LogP contribution < -0.4 is 10.6 Å². The number of aliphatic carboxylic acids is 1. The van der Waals surface area contributed by atoms with Crippen LogP contribution in [0.4, 0.5) is 10.2 Å². The van der Waals surface area contributed by atoms with Gasteiger partial charge in [-0.05, 0) is 78.9 Å². The lowest BCUT2D eigenvalue weighted by atomic mass is 9.98. The van der Waals surface area contributed by atoms with E-state index in [-0.39, 0.29) is 6.42 Å². The highest BCUT2D eigenvalue weighted by Gasteiger charge is 2.24. The third-order valence-electron chi connectivity index (χ3n) is 6.12. The third kappa shape index (κ3) is 6.39. The van der Waals surface area contributed by atoms with Gasteiger partial charge < -0.3 is 15.7 Å². The second-order valence-corrected chi connectivity index (χ2v) is 9.02. The Morgan fingerprint density at radius 1 is 1.08 bits per heavy atom. The number of aryl methyl sites for hydroxylation is 3. The Labute approximate surface area is 219 Å². The van der Waals surface area contributed by atoms with E-state index in [1.165, 1.54) is 12.1 Å². The lowest BCUT2D eigenvalue weighted by Gasteiger charge is -2.18. The fourth-order valence-electron chi connectivity index (χ4n) is 4.17. The van der Waals surface area contributed by atoms with Gasteiger partial charge in [-0.2, -0.15) is 0 Å². The molecule has 0 aliphatic heterocycles. The number of carboxylic acids is 1. The highest BCUT2D eigenvalue weighted by Crippen LogP contribution is 2.18. The van der Waals surface area contributed by atoms with Crippen molar-refractivity contribution in [3.05, 3.63) is 101 Å². The van der Waals surface area contributed by atoms with Crippen LogP contribution in [0, 0.1) is 19.7 Å². The fourth-order valence-corrected chi connectivity index (χ4v) is 4.17. The zero-order chi connectivity index (χ0) is 27.2. The number of pyridine rings is 1. The number of amides is 1. The highest BCUT2D eigenvalue weighted by atomic mass is 19.1. The molecule has 3 N–H and O–H groups in total.